The van der Waals surface area contributed by atoms with Gasteiger partial charge in [0.25, 0.3) is 0 Å². The zero-order chi connectivity index (χ0) is 26.7. The van der Waals surface area contributed by atoms with E-state index in [1.165, 1.54) is 60.5 Å². The van der Waals surface area contributed by atoms with Crippen LogP contribution in [0.2, 0.25) is 0 Å². The summed E-state index contributed by atoms with van der Waals surface area (Å²) in [5, 5.41) is 6.17. The lowest BCUT2D eigenvalue weighted by molar-refractivity contribution is 1.18. The second-order valence-electron chi connectivity index (χ2n) is 10.9. The van der Waals surface area contributed by atoms with Gasteiger partial charge in [-0.05, 0) is 76.5 Å². The van der Waals surface area contributed by atoms with Crippen LogP contribution in [-0.4, -0.2) is 23.9 Å². The van der Waals surface area contributed by atoms with Crippen molar-refractivity contribution in [3.8, 4) is 16.8 Å². The Labute approximate surface area is 234 Å². The molecule has 0 saturated carbocycles. The molecule has 0 aliphatic heterocycles. The van der Waals surface area contributed by atoms with Crippen molar-refractivity contribution in [2.45, 2.75) is 6.42 Å². The molecule has 10 rings (SSSR count). The third kappa shape index (κ3) is 2.63. The van der Waals surface area contributed by atoms with Gasteiger partial charge in [0.15, 0.2) is 5.65 Å². The normalized spacial score (nSPS) is 12.8. The van der Waals surface area contributed by atoms with Gasteiger partial charge in [-0.15, -0.1) is 0 Å². The molecular weight excluding hydrogens is 502 g/mol. The Morgan fingerprint density at radius 3 is 2.46 bits per heavy atom. The Morgan fingerprint density at radius 2 is 1.51 bits per heavy atom. The molecule has 0 bridgehead atoms. The summed E-state index contributed by atoms with van der Waals surface area (Å²) < 4.78 is 4.59. The standard InChI is InChI=1S/C36H21N5/c1-2-7-22(8-3-1)40-29-11-5-4-9-26(29)34-30(40)15-12-21-19-27-25(32(21)34)14-13-24-23-16-18-37-20-31(23)41-35-28(10-6-17-38-35)39-36(41)33(24)27/h1-18,20H,19H2. The molecule has 5 heteroatoms. The van der Waals surface area contributed by atoms with E-state index < -0.39 is 0 Å². The van der Waals surface area contributed by atoms with Crippen LogP contribution in [0.4, 0.5) is 0 Å². The predicted octanol–water partition coefficient (Wildman–Crippen LogP) is 8.25. The van der Waals surface area contributed by atoms with Crippen LogP contribution in [0.1, 0.15) is 11.1 Å². The van der Waals surface area contributed by atoms with Gasteiger partial charge in [0.05, 0.1) is 22.7 Å². The zero-order valence-electron chi connectivity index (χ0n) is 21.9. The molecule has 1 aliphatic carbocycles. The summed E-state index contributed by atoms with van der Waals surface area (Å²) in [5.74, 6) is 0. The molecule has 5 heterocycles. The highest BCUT2D eigenvalue weighted by atomic mass is 15.1. The van der Waals surface area contributed by atoms with Gasteiger partial charge in [-0.25, -0.2) is 9.97 Å². The van der Waals surface area contributed by atoms with E-state index in [9.17, 15) is 0 Å². The van der Waals surface area contributed by atoms with E-state index in [2.05, 4.69) is 98.9 Å². The number of fused-ring (bicyclic) bond motifs is 16. The highest BCUT2D eigenvalue weighted by molar-refractivity contribution is 6.21. The minimum atomic E-state index is 0.865. The fourth-order valence-corrected chi connectivity index (χ4v) is 7.25. The van der Waals surface area contributed by atoms with Crippen LogP contribution in [0.3, 0.4) is 0 Å². The molecule has 5 aromatic heterocycles. The number of pyridine rings is 3. The van der Waals surface area contributed by atoms with Crippen molar-refractivity contribution in [3.05, 3.63) is 127 Å². The molecule has 0 atom stereocenters. The van der Waals surface area contributed by atoms with Gasteiger partial charge in [0.1, 0.15) is 11.2 Å². The first kappa shape index (κ1) is 21.3. The molecule has 190 valence electrons. The van der Waals surface area contributed by atoms with Gasteiger partial charge in [0.2, 0.25) is 0 Å². The SMILES string of the molecule is c1ccc(-n2c3ccccc3c3c4c(ccc32)Cc2c-4ccc3c4ccncc4n4c5ncccc5nc4c23)cc1. The third-order valence-corrected chi connectivity index (χ3v) is 8.86. The molecule has 0 amide bonds. The summed E-state index contributed by atoms with van der Waals surface area (Å²) in [5.41, 5.74) is 12.7. The average molecular weight is 524 g/mol. The summed E-state index contributed by atoms with van der Waals surface area (Å²) in [4.78, 5) is 14.4. The number of benzene rings is 4. The summed E-state index contributed by atoms with van der Waals surface area (Å²) in [6.07, 6.45) is 6.52. The van der Waals surface area contributed by atoms with Crippen LogP contribution in [-0.2, 0) is 6.42 Å². The summed E-state index contributed by atoms with van der Waals surface area (Å²) in [6.45, 7) is 0. The Bertz CT molecular complexity index is 2550. The first-order valence-corrected chi connectivity index (χ1v) is 13.9. The van der Waals surface area contributed by atoms with E-state index in [1.54, 1.807) is 0 Å². The number of rotatable bonds is 1. The van der Waals surface area contributed by atoms with Gasteiger partial charge in [0, 0.05) is 39.6 Å². The maximum Gasteiger partial charge on any atom is 0.165 e. The van der Waals surface area contributed by atoms with E-state index in [0.29, 0.717) is 0 Å². The van der Waals surface area contributed by atoms with Crippen molar-refractivity contribution in [1.82, 2.24) is 23.9 Å². The Hall–Kier alpha value is -5.55. The van der Waals surface area contributed by atoms with Crippen LogP contribution >= 0.6 is 0 Å². The first-order valence-electron chi connectivity index (χ1n) is 13.9. The molecule has 4 aromatic carbocycles. The molecule has 0 saturated heterocycles. The lowest BCUT2D eigenvalue weighted by Crippen LogP contribution is -1.96. The summed E-state index contributed by atoms with van der Waals surface area (Å²) in [7, 11) is 0. The van der Waals surface area contributed by atoms with Gasteiger partial charge < -0.3 is 4.57 Å². The largest absolute Gasteiger partial charge is 0.309 e. The lowest BCUT2D eigenvalue weighted by atomic mass is 9.96. The zero-order valence-corrected chi connectivity index (χ0v) is 21.9. The number of nitrogens with zero attached hydrogens (tertiary/aromatic N) is 5. The number of imidazole rings is 1. The quantitative estimate of drug-likeness (QED) is 0.204. The van der Waals surface area contributed by atoms with Crippen LogP contribution in [0.15, 0.2) is 116 Å². The number of hydrogen-bond donors (Lipinski definition) is 0. The number of aromatic nitrogens is 5. The van der Waals surface area contributed by atoms with Crippen molar-refractivity contribution in [2.24, 2.45) is 0 Å². The first-order chi connectivity index (χ1) is 20.4. The lowest BCUT2D eigenvalue weighted by Gasteiger charge is -2.12. The molecule has 0 radical (unpaired) electrons. The van der Waals surface area contributed by atoms with E-state index in [-0.39, 0.29) is 0 Å². The Balaban J connectivity index is 1.38. The maximum atomic E-state index is 5.16. The second kappa shape index (κ2) is 7.55. The van der Waals surface area contributed by atoms with Crippen molar-refractivity contribution >= 4 is 60.3 Å². The van der Waals surface area contributed by atoms with Gasteiger partial charge in [-0.1, -0.05) is 54.6 Å². The van der Waals surface area contributed by atoms with E-state index in [0.717, 1.165) is 34.1 Å². The molecule has 0 N–H and O–H groups in total. The molecule has 0 spiro atoms. The minimum absolute atomic E-state index is 0.865. The third-order valence-electron chi connectivity index (χ3n) is 8.86. The van der Waals surface area contributed by atoms with Crippen LogP contribution < -0.4 is 0 Å². The Morgan fingerprint density at radius 1 is 0.610 bits per heavy atom. The smallest absolute Gasteiger partial charge is 0.165 e. The molecular formula is C36H21N5. The fraction of sp³-hybridized carbons (Fsp3) is 0.0278. The van der Waals surface area contributed by atoms with Crippen molar-refractivity contribution < 1.29 is 0 Å². The second-order valence-corrected chi connectivity index (χ2v) is 10.9. The molecule has 1 aliphatic rings. The summed E-state index contributed by atoms with van der Waals surface area (Å²) in [6, 6.07) is 34.8. The highest BCUT2D eigenvalue weighted by Crippen LogP contribution is 2.49. The molecule has 0 fully saturated rings. The van der Waals surface area contributed by atoms with E-state index >= 15 is 0 Å². The van der Waals surface area contributed by atoms with Crippen molar-refractivity contribution in [3.63, 3.8) is 0 Å². The van der Waals surface area contributed by atoms with Gasteiger partial charge in [-0.3, -0.25) is 9.38 Å². The fourth-order valence-electron chi connectivity index (χ4n) is 7.25. The average Bonchev–Trinajstić information content (AvgIpc) is 3.71. The minimum Gasteiger partial charge on any atom is -0.309 e. The Kier molecular flexibility index (Phi) is 3.92. The van der Waals surface area contributed by atoms with Crippen LogP contribution in [0.25, 0.3) is 77.1 Å². The summed E-state index contributed by atoms with van der Waals surface area (Å²) >= 11 is 0. The van der Waals surface area contributed by atoms with E-state index in [4.69, 9.17) is 9.97 Å². The molecule has 9 aromatic rings. The highest BCUT2D eigenvalue weighted by Gasteiger charge is 2.28. The molecule has 41 heavy (non-hydrogen) atoms. The topological polar surface area (TPSA) is 48.0 Å². The monoisotopic (exact) mass is 523 g/mol. The van der Waals surface area contributed by atoms with Gasteiger partial charge >= 0.3 is 0 Å². The number of hydrogen-bond acceptors (Lipinski definition) is 3. The van der Waals surface area contributed by atoms with Crippen LogP contribution in [0.5, 0.6) is 0 Å². The van der Waals surface area contributed by atoms with Crippen molar-refractivity contribution in [1.29, 1.82) is 0 Å². The molecule has 0 unspecified atom stereocenters. The van der Waals surface area contributed by atoms with Gasteiger partial charge in [-0.2, -0.15) is 0 Å². The maximum absolute atomic E-state index is 5.16. The van der Waals surface area contributed by atoms with Crippen molar-refractivity contribution in [2.75, 3.05) is 0 Å². The predicted molar refractivity (Wildman–Crippen MR) is 166 cm³/mol. The van der Waals surface area contributed by atoms with E-state index in [1.807, 2.05) is 30.7 Å². The molecule has 5 nitrogen and oxygen atoms in total. The van der Waals surface area contributed by atoms with Crippen LogP contribution in [0, 0.1) is 0 Å². The number of para-hydroxylation sites is 2.